The van der Waals surface area contributed by atoms with Crippen molar-refractivity contribution in [3.05, 3.63) is 64.1 Å². The minimum atomic E-state index is -0.874. The van der Waals surface area contributed by atoms with Crippen LogP contribution in [0.25, 0.3) is 0 Å². The average molecular weight is 605 g/mol. The molecule has 2 fully saturated rings. The monoisotopic (exact) mass is 603 g/mol. The first kappa shape index (κ1) is 28.0. The molecule has 2 N–H and O–H groups in total. The van der Waals surface area contributed by atoms with Crippen LogP contribution < -0.4 is 15.4 Å². The smallest absolute Gasteiger partial charge is 0.308 e. The van der Waals surface area contributed by atoms with Gasteiger partial charge in [-0.05, 0) is 64.8 Å². The molecule has 11 heteroatoms. The molecule has 2 saturated heterocycles. The van der Waals surface area contributed by atoms with Crippen molar-refractivity contribution in [2.24, 2.45) is 0 Å². The molecular formula is C27H30BrN3O6S. The third-order valence-electron chi connectivity index (χ3n) is 6.31. The second-order valence-electron chi connectivity index (χ2n) is 9.01. The predicted octanol–water partition coefficient (Wildman–Crippen LogP) is 3.00. The zero-order chi connectivity index (χ0) is 26.9. The zero-order valence-electron chi connectivity index (χ0n) is 20.8. The molecule has 202 valence electrons. The first-order valence-corrected chi connectivity index (χ1v) is 13.7. The van der Waals surface area contributed by atoms with Crippen LogP contribution in [0.5, 0.6) is 5.75 Å². The van der Waals surface area contributed by atoms with E-state index in [4.69, 9.17) is 26.4 Å². The fourth-order valence-corrected chi connectivity index (χ4v) is 5.07. The third-order valence-corrected chi connectivity index (χ3v) is 7.27. The Morgan fingerprint density at radius 1 is 1.21 bits per heavy atom. The Hall–Kier alpha value is -3.02. The number of carbonyl (C=O) groups is 3. The molecule has 0 spiro atoms. The number of carbonyl (C=O) groups excluding carboxylic acids is 3. The summed E-state index contributed by atoms with van der Waals surface area (Å²) in [5, 5.41) is 5.49. The van der Waals surface area contributed by atoms with Gasteiger partial charge in [0.2, 0.25) is 5.91 Å². The molecule has 2 aromatic rings. The standard InChI is InChI=1S/C27H30BrN3O6S/c28-21-15-19(8-9-23(21)36-14-10-18-5-2-1-3-6-18)25(33)30-27(38)31-12-11-29-26(34)22(31)16-24(32)37-17-20-7-4-13-35-20/h1-3,5-6,8-9,15,20,22H,4,7,10-14,16-17H2,(H,29,34)(H,30,33,38). The molecule has 0 saturated carbocycles. The molecule has 0 bridgehead atoms. The highest BCUT2D eigenvalue weighted by Gasteiger charge is 2.34. The van der Waals surface area contributed by atoms with Crippen LogP contribution in [-0.2, 0) is 25.5 Å². The fourth-order valence-electron chi connectivity index (χ4n) is 4.26. The first-order chi connectivity index (χ1) is 18.4. The van der Waals surface area contributed by atoms with Gasteiger partial charge >= 0.3 is 5.97 Å². The zero-order valence-corrected chi connectivity index (χ0v) is 23.2. The summed E-state index contributed by atoms with van der Waals surface area (Å²) in [7, 11) is 0. The number of amides is 2. The normalized spacial score (nSPS) is 19.0. The SMILES string of the molecule is O=C(CC1C(=O)NCCN1C(=S)NC(=O)c1ccc(OCCc2ccccc2)c(Br)c1)OCC1CCCO1. The van der Waals surface area contributed by atoms with E-state index < -0.39 is 17.9 Å². The minimum absolute atomic E-state index is 0.0705. The minimum Gasteiger partial charge on any atom is -0.492 e. The molecule has 2 heterocycles. The van der Waals surface area contributed by atoms with Crippen LogP contribution >= 0.6 is 28.1 Å². The van der Waals surface area contributed by atoms with Crippen molar-refractivity contribution in [3.63, 3.8) is 0 Å². The number of hydrogen-bond donors (Lipinski definition) is 2. The van der Waals surface area contributed by atoms with E-state index in [1.54, 1.807) is 23.1 Å². The lowest BCUT2D eigenvalue weighted by Crippen LogP contribution is -2.60. The number of esters is 1. The van der Waals surface area contributed by atoms with Crippen molar-refractivity contribution >= 4 is 51.0 Å². The molecule has 0 aromatic heterocycles. The molecule has 2 aromatic carbocycles. The van der Waals surface area contributed by atoms with Crippen LogP contribution in [0, 0.1) is 0 Å². The predicted molar refractivity (Wildman–Crippen MR) is 148 cm³/mol. The second kappa shape index (κ2) is 13.7. The molecule has 2 amide bonds. The Bertz CT molecular complexity index is 1160. The molecule has 0 aliphatic carbocycles. The number of thiocarbonyl (C=S) groups is 1. The third kappa shape index (κ3) is 7.75. The van der Waals surface area contributed by atoms with Crippen molar-refractivity contribution in [1.82, 2.24) is 15.5 Å². The van der Waals surface area contributed by atoms with E-state index >= 15 is 0 Å². The van der Waals surface area contributed by atoms with Gasteiger partial charge in [-0.2, -0.15) is 0 Å². The summed E-state index contributed by atoms with van der Waals surface area (Å²) in [6.45, 7) is 2.01. The summed E-state index contributed by atoms with van der Waals surface area (Å²) in [5.41, 5.74) is 1.54. The largest absolute Gasteiger partial charge is 0.492 e. The average Bonchev–Trinajstić information content (AvgIpc) is 3.44. The second-order valence-corrected chi connectivity index (χ2v) is 10.3. The number of halogens is 1. The van der Waals surface area contributed by atoms with Gasteiger partial charge in [-0.15, -0.1) is 0 Å². The van der Waals surface area contributed by atoms with Gasteiger partial charge < -0.3 is 24.4 Å². The Morgan fingerprint density at radius 3 is 2.76 bits per heavy atom. The summed E-state index contributed by atoms with van der Waals surface area (Å²) in [6, 6.07) is 14.2. The Labute approximate surface area is 235 Å². The molecule has 2 aliphatic rings. The van der Waals surface area contributed by atoms with E-state index in [1.165, 1.54) is 5.56 Å². The fraction of sp³-hybridized carbons (Fsp3) is 0.407. The van der Waals surface area contributed by atoms with E-state index in [0.29, 0.717) is 42.1 Å². The van der Waals surface area contributed by atoms with Gasteiger partial charge in [-0.3, -0.25) is 19.7 Å². The van der Waals surface area contributed by atoms with E-state index in [0.717, 1.165) is 19.3 Å². The van der Waals surface area contributed by atoms with Crippen LogP contribution in [-0.4, -0.2) is 72.9 Å². The van der Waals surface area contributed by atoms with Crippen LogP contribution in [0.4, 0.5) is 0 Å². The van der Waals surface area contributed by atoms with Crippen LogP contribution in [0.1, 0.15) is 35.2 Å². The van der Waals surface area contributed by atoms with Gasteiger partial charge in [0.05, 0.1) is 23.6 Å². The Balaban J connectivity index is 1.30. The number of nitrogens with zero attached hydrogens (tertiary/aromatic N) is 1. The lowest BCUT2D eigenvalue weighted by Gasteiger charge is -2.36. The van der Waals surface area contributed by atoms with Crippen molar-refractivity contribution < 1.29 is 28.6 Å². The maximum atomic E-state index is 12.9. The molecule has 4 rings (SSSR count). The molecule has 2 atom stereocenters. The van der Waals surface area contributed by atoms with Crippen molar-refractivity contribution in [3.8, 4) is 5.75 Å². The summed E-state index contributed by atoms with van der Waals surface area (Å²) >= 11 is 8.92. The number of piperazine rings is 1. The number of rotatable bonds is 9. The molecule has 2 aliphatic heterocycles. The number of nitrogens with one attached hydrogen (secondary N) is 2. The molecule has 0 radical (unpaired) electrons. The van der Waals surface area contributed by atoms with Crippen LogP contribution in [0.15, 0.2) is 53.0 Å². The molecule has 9 nitrogen and oxygen atoms in total. The van der Waals surface area contributed by atoms with Crippen molar-refractivity contribution in [1.29, 1.82) is 0 Å². The van der Waals surface area contributed by atoms with E-state index in [1.807, 2.05) is 30.3 Å². The maximum Gasteiger partial charge on any atom is 0.308 e. The first-order valence-electron chi connectivity index (χ1n) is 12.5. The summed E-state index contributed by atoms with van der Waals surface area (Å²) in [5.74, 6) is -0.679. The van der Waals surface area contributed by atoms with Gasteiger partial charge in [0.1, 0.15) is 18.4 Å². The van der Waals surface area contributed by atoms with E-state index in [9.17, 15) is 14.4 Å². The maximum absolute atomic E-state index is 12.9. The number of benzene rings is 2. The van der Waals surface area contributed by atoms with E-state index in [-0.39, 0.29) is 30.2 Å². The summed E-state index contributed by atoms with van der Waals surface area (Å²) in [6.07, 6.45) is 2.26. The van der Waals surface area contributed by atoms with Crippen LogP contribution in [0.2, 0.25) is 0 Å². The lowest BCUT2D eigenvalue weighted by molar-refractivity contribution is -0.150. The highest BCUT2D eigenvalue weighted by Crippen LogP contribution is 2.26. The van der Waals surface area contributed by atoms with Gasteiger partial charge in [0, 0.05) is 31.7 Å². The van der Waals surface area contributed by atoms with Gasteiger partial charge in [-0.1, -0.05) is 30.3 Å². The molecule has 2 unspecified atom stereocenters. The van der Waals surface area contributed by atoms with Crippen molar-refractivity contribution in [2.45, 2.75) is 37.8 Å². The number of hydrogen-bond acceptors (Lipinski definition) is 7. The number of ether oxygens (including phenoxy) is 3. The lowest BCUT2D eigenvalue weighted by atomic mass is 10.1. The quantitative estimate of drug-likeness (QED) is 0.333. The van der Waals surface area contributed by atoms with E-state index in [2.05, 4.69) is 26.6 Å². The van der Waals surface area contributed by atoms with Gasteiger partial charge in [0.15, 0.2) is 5.11 Å². The molecule has 38 heavy (non-hydrogen) atoms. The summed E-state index contributed by atoms with van der Waals surface area (Å²) in [4.78, 5) is 39.4. The van der Waals surface area contributed by atoms with Crippen LogP contribution in [0.3, 0.4) is 0 Å². The highest BCUT2D eigenvalue weighted by atomic mass is 79.9. The van der Waals surface area contributed by atoms with Gasteiger partial charge in [-0.25, -0.2) is 0 Å². The van der Waals surface area contributed by atoms with Crippen molar-refractivity contribution in [2.75, 3.05) is 32.9 Å². The summed E-state index contributed by atoms with van der Waals surface area (Å²) < 4.78 is 17.3. The Kier molecular flexibility index (Phi) is 10.1. The Morgan fingerprint density at radius 2 is 2.03 bits per heavy atom. The van der Waals surface area contributed by atoms with Gasteiger partial charge in [0.25, 0.3) is 5.91 Å². The topological polar surface area (TPSA) is 106 Å². The molecular weight excluding hydrogens is 574 g/mol. The highest BCUT2D eigenvalue weighted by molar-refractivity contribution is 9.10.